The van der Waals surface area contributed by atoms with Gasteiger partial charge >= 0.3 is 0 Å². The molecule has 6 heterocycles. The Morgan fingerprint density at radius 1 is 0.262 bits per heavy atom. The van der Waals surface area contributed by atoms with Gasteiger partial charge in [0.25, 0.3) is 54.3 Å². The molecule has 18 rings (SSSR count). The molecular weight excluding hydrogens is 2310 g/mol. The monoisotopic (exact) mass is 2390 g/mol. The minimum Gasteiger partial charge on any atom is -0.302 e. The highest BCUT2D eigenvalue weighted by molar-refractivity contribution is 8.15. The van der Waals surface area contributed by atoms with Crippen molar-refractivity contribution in [3.05, 3.63) is 390 Å². The van der Waals surface area contributed by atoms with Crippen LogP contribution in [0.5, 0.6) is 0 Å². The molecule has 20 nitrogen and oxygen atoms in total. The third-order valence-corrected chi connectivity index (χ3v) is 36.7. The average molecular weight is 2400 g/mol. The Labute approximate surface area is 920 Å². The van der Waals surface area contributed by atoms with E-state index in [1.165, 1.54) is 24.3 Å². The molecule has 0 spiro atoms. The third kappa shape index (κ3) is 28.0. The van der Waals surface area contributed by atoms with Crippen molar-refractivity contribution in [3.63, 3.8) is 0 Å². The number of hydrogen-bond acceptors (Lipinski definition) is 18. The zero-order valence-electron chi connectivity index (χ0n) is 78.1. The fourth-order valence-electron chi connectivity index (χ4n) is 19.1. The number of hydrogen-bond donors (Lipinski definition) is 0. The van der Waals surface area contributed by atoms with Crippen molar-refractivity contribution in [2.24, 2.45) is 0 Å². The summed E-state index contributed by atoms with van der Waals surface area (Å²) in [6, 6.07) is 50.6. The second-order valence-electron chi connectivity index (χ2n) is 36.2. The first-order valence-corrected chi connectivity index (χ1v) is 61.4. The van der Waals surface area contributed by atoms with Crippen LogP contribution in [0.4, 0.5) is 20.2 Å². The van der Waals surface area contributed by atoms with Crippen molar-refractivity contribution >= 4 is 246 Å². The van der Waals surface area contributed by atoms with Crippen LogP contribution in [0.1, 0.15) is 152 Å². The van der Waals surface area contributed by atoms with E-state index in [2.05, 4.69) is 29.3 Å². The van der Waals surface area contributed by atoms with Gasteiger partial charge in [-0.15, -0.1) is 0 Å². The van der Waals surface area contributed by atoms with Crippen LogP contribution in [-0.2, 0) is 93.6 Å². The molecule has 766 valence electrons. The lowest BCUT2D eigenvalue weighted by Crippen LogP contribution is -2.31. The number of nitrogens with zero attached hydrogens (tertiary/aromatic N) is 8. The second kappa shape index (κ2) is 47.0. The summed E-state index contributed by atoms with van der Waals surface area (Å²) in [5.41, 5.74) is 18.4. The maximum absolute atomic E-state index is 14.5. The number of rotatable bonds is 12. The molecule has 0 amide bonds. The first kappa shape index (κ1) is 116. The maximum atomic E-state index is 14.5. The van der Waals surface area contributed by atoms with Gasteiger partial charge in [-0.2, -0.15) is 0 Å². The van der Waals surface area contributed by atoms with E-state index in [1.807, 2.05) is 101 Å². The van der Waals surface area contributed by atoms with Crippen molar-refractivity contribution in [1.82, 2.24) is 29.4 Å². The van der Waals surface area contributed by atoms with Gasteiger partial charge in [-0.1, -0.05) is 158 Å². The van der Waals surface area contributed by atoms with Gasteiger partial charge in [0.2, 0.25) is 0 Å². The number of fused-ring (bicyclic) bond motifs is 6. The first-order chi connectivity index (χ1) is 67.6. The van der Waals surface area contributed by atoms with Gasteiger partial charge in [0, 0.05) is 228 Å². The van der Waals surface area contributed by atoms with Gasteiger partial charge in [0.1, 0.15) is 11.6 Å². The zero-order chi connectivity index (χ0) is 106. The summed E-state index contributed by atoms with van der Waals surface area (Å²) in [6.07, 6.45) is 0. The first-order valence-electron chi connectivity index (χ1n) is 43.8. The summed E-state index contributed by atoms with van der Waals surface area (Å²) in [5.74, 6) is -2.01. The summed E-state index contributed by atoms with van der Waals surface area (Å²) in [7, 11) is 21.6. The Morgan fingerprint density at radius 3 is 0.807 bits per heavy atom. The van der Waals surface area contributed by atoms with E-state index in [1.54, 1.807) is 111 Å². The molecule has 0 aliphatic carbocycles. The van der Waals surface area contributed by atoms with Crippen LogP contribution in [0.15, 0.2) is 217 Å². The van der Waals surface area contributed by atoms with Crippen molar-refractivity contribution in [2.45, 2.75) is 125 Å². The molecule has 44 heteroatoms. The molecule has 0 N–H and O–H groups in total. The molecule has 0 saturated carbocycles. The van der Waals surface area contributed by atoms with E-state index in [4.69, 9.17) is 193 Å². The zero-order valence-corrected chi connectivity index (χ0v) is 95.1. The lowest BCUT2D eigenvalue weighted by molar-refractivity contribution is 0.293. The molecule has 6 aliphatic rings. The summed E-state index contributed by atoms with van der Waals surface area (Å²) in [4.78, 5) is 19.8. The number of aryl methyl sites for hydroxylation is 3. The Kier molecular flexibility index (Phi) is 37.5. The minimum atomic E-state index is -3.98. The quantitative estimate of drug-likeness (QED) is 0.0817. The van der Waals surface area contributed by atoms with Gasteiger partial charge in [-0.25, -0.2) is 69.0 Å². The molecule has 0 radical (unpaired) electrons. The molecule has 6 aliphatic heterocycles. The van der Waals surface area contributed by atoms with Crippen LogP contribution < -0.4 is 0 Å². The lowest BCUT2D eigenvalue weighted by atomic mass is 9.83. The minimum absolute atomic E-state index is 0.0154. The van der Waals surface area contributed by atoms with Gasteiger partial charge in [-0.05, 0) is 325 Å². The van der Waals surface area contributed by atoms with Gasteiger partial charge in [0.15, 0.2) is 11.4 Å². The largest absolute Gasteiger partial charge is 0.302 e. The SMILES string of the molecule is CN1Cc2c(Cl)cc(Cl)cc2C(c2cc(S(=O)(=O)Cl)ccc2F)C1.CN1Cc2c(Cl)cc(Cl)cc2C(c2cccc(S(=O)(=O)Cl)c2)C1.Cc1ccc(C2CN(C)Cc3c(Cl)cc(Cl)cc32)cc1S(=O)(=O)Cl.Cc1ccc(S(=O)(=O)Cl)cc1C1CN(C)Cc2c(Cl)cc(Cl)cc21.[C-]#[N+]c1cc(Cl)cc2c1CN(C)CC2c1cc(S(=O)(=O)Cl)ccc1F.[C-]#[N+]c1cc(Cl)cc2c1CN(C)CC2c1ccc(C)c(S(=O)(=O)Cl)c1. The summed E-state index contributed by atoms with van der Waals surface area (Å²) < 4.78 is 169. The van der Waals surface area contributed by atoms with E-state index < -0.39 is 77.8 Å². The van der Waals surface area contributed by atoms with Crippen molar-refractivity contribution < 1.29 is 59.3 Å². The van der Waals surface area contributed by atoms with Gasteiger partial charge in [-0.3, -0.25) is 0 Å². The van der Waals surface area contributed by atoms with Gasteiger partial charge < -0.3 is 29.4 Å². The molecule has 0 bridgehead atoms. The summed E-state index contributed by atoms with van der Waals surface area (Å²) in [6.45, 7) is 28.1. The highest BCUT2D eigenvalue weighted by atomic mass is 35.7. The number of likely N-dealkylation sites (N-methyl/N-ethyl adjacent to an activating group) is 6. The maximum Gasteiger partial charge on any atom is 0.261 e. The third-order valence-electron chi connectivity index (χ3n) is 25.7. The fraction of sp³-hybridized carbons (Fsp3) is 0.267. The summed E-state index contributed by atoms with van der Waals surface area (Å²) >= 11 is 62.4. The normalized spacial score (nSPS) is 18.3. The molecular formula is C101H88Cl16F2N8O12S6. The van der Waals surface area contributed by atoms with E-state index in [0.717, 1.165) is 158 Å². The Morgan fingerprint density at radius 2 is 0.503 bits per heavy atom. The molecule has 12 aromatic rings. The Balaban J connectivity index is 0.000000146. The number of halogens is 18. The van der Waals surface area contributed by atoms with Crippen LogP contribution in [0.25, 0.3) is 9.69 Å². The van der Waals surface area contributed by atoms with E-state index >= 15 is 0 Å². The molecule has 145 heavy (non-hydrogen) atoms. The van der Waals surface area contributed by atoms with Gasteiger partial charge in [0.05, 0.1) is 42.5 Å². The highest BCUT2D eigenvalue weighted by Crippen LogP contribution is 2.49. The van der Waals surface area contributed by atoms with Crippen LogP contribution in [-0.4, -0.2) is 161 Å². The van der Waals surface area contributed by atoms with E-state index in [-0.39, 0.29) is 64.2 Å². The highest BCUT2D eigenvalue weighted by Gasteiger charge is 2.38. The Bertz CT molecular complexity index is 7850. The van der Waals surface area contributed by atoms with Crippen molar-refractivity contribution in [2.75, 3.05) is 81.6 Å². The summed E-state index contributed by atoms with van der Waals surface area (Å²) in [5, 5.41) is 5.48. The standard InChI is InChI=1S/C18H16Cl2N2O2S.2C17H16Cl3NO2S.C17H13Cl2FN2O2S.C16H13Cl3FNO2S.C16H14Cl3NO2S/c1-11-4-5-12(6-18(11)25(20,23)24)15-9-22(3)10-16-14(15)7-13(19)8-17(16)21-2;1-10-3-4-12(24(20,22)23)7-13(10)15-8-21(2)9-16-14(15)5-11(18)6-17(16)19;1-10-3-4-11(5-17(10)24(20,22)23)14-8-21(2)9-15-13(14)6-12(18)7-16(15)19;1-21-17-6-10(18)5-12-14(8-22(2)9-15(12)17)13-7-11(25(19,23)24)3-4-16(13)20;1-21-7-13(11-4-9(17)5-15(18)14(11)8-21)12-6-10(24(19,22)23)2-3-16(12)20;1-20-8-14(10-3-2-4-12(5-10)23(19,21)22)13-6-11(17)7-16(18)15(13)9-20/h4-8,15H,9-10H2,1,3H3;3-7,15H,8-9H2,1-2H3;3-7,14H,8-9H2,1-2H3;3-7,14H,8-9H2,2H3;2-6,13H,7-8H2,1H3;2-7,14H,8-9H2,1H3. The smallest absolute Gasteiger partial charge is 0.261 e. The van der Waals surface area contributed by atoms with Crippen LogP contribution in [0.2, 0.25) is 50.2 Å². The predicted octanol–water partition coefficient (Wildman–Crippen LogP) is 28.0. The molecule has 0 fully saturated rings. The molecule has 12 aromatic carbocycles. The van der Waals surface area contributed by atoms with Crippen molar-refractivity contribution in [1.29, 1.82) is 0 Å². The topological polar surface area (TPSA) is 233 Å². The Hall–Kier alpha value is -6.42. The van der Waals surface area contributed by atoms with E-state index in [9.17, 15) is 59.3 Å². The van der Waals surface area contributed by atoms with Crippen LogP contribution in [0.3, 0.4) is 0 Å². The second-order valence-corrected chi connectivity index (χ2v) is 55.7. The molecule has 6 unspecified atom stereocenters. The molecule has 0 saturated heterocycles. The van der Waals surface area contributed by atoms with Crippen molar-refractivity contribution in [3.8, 4) is 0 Å². The lowest BCUT2D eigenvalue weighted by Gasteiger charge is -2.34. The fourth-order valence-corrected chi connectivity index (χ4v) is 27.4. The molecule has 0 aromatic heterocycles. The molecule has 6 atom stereocenters. The van der Waals surface area contributed by atoms with E-state index in [0.29, 0.717) is 112 Å². The predicted molar refractivity (Wildman–Crippen MR) is 581 cm³/mol. The van der Waals surface area contributed by atoms with Crippen LogP contribution in [0, 0.1) is 45.5 Å². The average Bonchev–Trinajstić information content (AvgIpc) is 0.755. The van der Waals surface area contributed by atoms with Crippen LogP contribution >= 0.6 is 180 Å². The number of benzene rings is 12.